The quantitative estimate of drug-likeness (QED) is 0.354. The largest absolute Gasteiger partial charge is 1.00 e. The van der Waals surface area contributed by atoms with E-state index in [2.05, 4.69) is 20.9 Å². The number of halogens is 2. The van der Waals surface area contributed by atoms with Crippen molar-refractivity contribution in [3.05, 3.63) is 39.4 Å². The average molecular weight is 472 g/mol. The summed E-state index contributed by atoms with van der Waals surface area (Å²) in [5.41, 5.74) is 0. The summed E-state index contributed by atoms with van der Waals surface area (Å²) in [7, 11) is -8.17. The van der Waals surface area contributed by atoms with E-state index >= 15 is 0 Å². The molecule has 0 saturated heterocycles. The Balaban J connectivity index is 0.00000264. The zero-order valence-electron chi connectivity index (χ0n) is 12.6. The molecule has 0 spiro atoms. The Labute approximate surface area is 173 Å². The fourth-order valence-electron chi connectivity index (χ4n) is 1.31. The molecular weight excluding hydrogens is 462 g/mol. The molecule has 122 valence electrons. The van der Waals surface area contributed by atoms with E-state index in [-0.39, 0.29) is 46.1 Å². The van der Waals surface area contributed by atoms with E-state index in [1.165, 1.54) is 24.4 Å². The molecule has 0 fully saturated rings. The van der Waals surface area contributed by atoms with Crippen molar-refractivity contribution in [2.24, 2.45) is 0 Å². The van der Waals surface area contributed by atoms with Crippen LogP contribution in [0, 0.1) is 0 Å². The monoisotopic (exact) mass is 470 g/mol. The van der Waals surface area contributed by atoms with E-state index in [4.69, 9.17) is 16.1 Å². The number of pyridine rings is 1. The molecule has 0 aliphatic heterocycles. The van der Waals surface area contributed by atoms with Crippen LogP contribution in [-0.2, 0) is 14.6 Å². The number of hydrogen-bond donors (Lipinski definition) is 2. The number of sulfonamides is 1. The van der Waals surface area contributed by atoms with Crippen LogP contribution in [0.5, 0.6) is 5.75 Å². The van der Waals surface area contributed by atoms with Crippen molar-refractivity contribution < 1.29 is 53.4 Å². The zero-order valence-corrected chi connectivity index (χ0v) is 18.5. The Morgan fingerprint density at radius 1 is 1.48 bits per heavy atom. The van der Waals surface area contributed by atoms with Crippen LogP contribution < -0.4 is 38.8 Å². The third kappa shape index (κ3) is 6.39. The van der Waals surface area contributed by atoms with Gasteiger partial charge in [-0.1, -0.05) is 11.6 Å². The van der Waals surface area contributed by atoms with Crippen LogP contribution in [0.25, 0.3) is 0 Å². The fourth-order valence-corrected chi connectivity index (χ4v) is 6.08. The first-order chi connectivity index (χ1) is 10.2. The van der Waals surface area contributed by atoms with Crippen molar-refractivity contribution in [2.45, 2.75) is 4.21 Å². The maximum absolute atomic E-state index is 12.0. The molecule has 13 heteroatoms. The summed E-state index contributed by atoms with van der Waals surface area (Å²) in [6.45, 7) is 0. The van der Waals surface area contributed by atoms with Crippen LogP contribution in [0.1, 0.15) is 1.43 Å². The predicted molar refractivity (Wildman–Crippen MR) is 88.0 cm³/mol. The molecule has 1 atom stereocenters. The summed E-state index contributed by atoms with van der Waals surface area (Å²) in [5.74, 6) is -0.104. The zero-order chi connectivity index (χ0) is 16.4. The van der Waals surface area contributed by atoms with Gasteiger partial charge >= 0.3 is 37.2 Å². The van der Waals surface area contributed by atoms with Gasteiger partial charge in [-0.2, -0.15) is 4.72 Å². The van der Waals surface area contributed by atoms with Gasteiger partial charge in [0.15, 0.2) is 10.9 Å². The van der Waals surface area contributed by atoms with Crippen molar-refractivity contribution in [1.29, 1.82) is 0 Å². The van der Waals surface area contributed by atoms with Gasteiger partial charge in [0.2, 0.25) is 0 Å². The van der Waals surface area contributed by atoms with Crippen molar-refractivity contribution in [1.82, 2.24) is 9.71 Å². The Bertz CT molecular complexity index is 840. The third-order valence-corrected chi connectivity index (χ3v) is 7.29. The van der Waals surface area contributed by atoms with Gasteiger partial charge in [0.05, 0.1) is 3.79 Å². The average Bonchev–Trinajstić information content (AvgIpc) is 2.87. The van der Waals surface area contributed by atoms with Gasteiger partial charge in [0.1, 0.15) is 10.5 Å². The minimum absolute atomic E-state index is 0. The molecule has 0 aliphatic rings. The van der Waals surface area contributed by atoms with Crippen molar-refractivity contribution >= 4 is 56.5 Å². The first-order valence-corrected chi connectivity index (χ1v) is 10.8. The Kier molecular flexibility index (Phi) is 8.21. The molecule has 2 rings (SSSR count). The predicted octanol–water partition coefficient (Wildman–Crippen LogP) is 0.176. The summed E-state index contributed by atoms with van der Waals surface area (Å²) in [6, 6.07) is 5.75. The van der Waals surface area contributed by atoms with Crippen LogP contribution in [-0.4, -0.2) is 24.6 Å². The molecule has 2 N–H and O–H groups in total. The minimum Gasteiger partial charge on any atom is -1.00 e. The second-order valence-corrected chi connectivity index (χ2v) is 10.5. The molecule has 0 aliphatic carbocycles. The van der Waals surface area contributed by atoms with E-state index in [1.807, 2.05) is 4.72 Å². The van der Waals surface area contributed by atoms with Gasteiger partial charge in [-0.05, 0) is 40.2 Å². The first-order valence-electron chi connectivity index (χ1n) is 5.56. The normalized spacial score (nSPS) is 13.9. The van der Waals surface area contributed by atoms with Crippen molar-refractivity contribution in [3.63, 3.8) is 0 Å². The second kappa shape index (κ2) is 8.75. The molecule has 23 heavy (non-hydrogen) atoms. The van der Waals surface area contributed by atoms with Crippen molar-refractivity contribution in [3.8, 4) is 5.75 Å². The molecule has 0 saturated carbocycles. The third-order valence-electron chi connectivity index (χ3n) is 2.23. The van der Waals surface area contributed by atoms with Gasteiger partial charge in [-0.3, -0.25) is 0 Å². The summed E-state index contributed by atoms with van der Waals surface area (Å²) in [6.07, 6.45) is 0.588. The number of hydrogen-bond acceptors (Lipinski definition) is 6. The summed E-state index contributed by atoms with van der Waals surface area (Å²) < 4.78 is 43.4. The Morgan fingerprint density at radius 3 is 2.74 bits per heavy atom. The molecule has 1 unspecified atom stereocenters. The number of nitrogens with one attached hydrogen (secondary N) is 1. The van der Waals surface area contributed by atoms with Crippen molar-refractivity contribution in [2.75, 3.05) is 6.29 Å². The van der Waals surface area contributed by atoms with E-state index in [1.54, 1.807) is 6.07 Å². The standard InChI is InChI=1S/C10H9BrClN2O5PS2.Na.H/c11-8-3-4-9(21-8)22(17,18)14-6-20(15,16)19-7-2-1-5-13-10(7)12;;/h1-5,14H,6H2,(H,15,16);;/q;+1;-1. The Hall–Kier alpha value is 0.520. The van der Waals surface area contributed by atoms with Crippen LogP contribution in [0.4, 0.5) is 0 Å². The summed E-state index contributed by atoms with van der Waals surface area (Å²) in [4.78, 5) is 13.4. The molecule has 0 bridgehead atoms. The molecular formula is C10H10BrClN2NaO5PS2. The topological polar surface area (TPSA) is 106 Å². The van der Waals surface area contributed by atoms with E-state index in [9.17, 15) is 17.9 Å². The van der Waals surface area contributed by atoms with Gasteiger partial charge in [0.25, 0.3) is 10.0 Å². The number of rotatable bonds is 6. The smallest absolute Gasteiger partial charge is 1.00 e. The molecule has 7 nitrogen and oxygen atoms in total. The fraction of sp³-hybridized carbons (Fsp3) is 0.100. The molecule has 2 aromatic rings. The maximum Gasteiger partial charge on any atom is 1.00 e. The second-order valence-electron chi connectivity index (χ2n) is 3.89. The molecule has 0 radical (unpaired) electrons. The van der Waals surface area contributed by atoms with Crippen LogP contribution in [0.15, 0.2) is 38.5 Å². The summed E-state index contributed by atoms with van der Waals surface area (Å²) in [5, 5.41) is -0.0955. The number of aromatic nitrogens is 1. The van der Waals surface area contributed by atoms with Gasteiger partial charge < -0.3 is 10.8 Å². The minimum atomic E-state index is -4.27. The van der Waals surface area contributed by atoms with Gasteiger partial charge in [0, 0.05) is 6.20 Å². The number of nitrogens with zero attached hydrogens (tertiary/aromatic N) is 1. The summed E-state index contributed by atoms with van der Waals surface area (Å²) >= 11 is 9.83. The van der Waals surface area contributed by atoms with E-state index < -0.39 is 23.9 Å². The van der Waals surface area contributed by atoms with E-state index in [0.717, 1.165) is 11.3 Å². The van der Waals surface area contributed by atoms with E-state index in [0.29, 0.717) is 3.79 Å². The Morgan fingerprint density at radius 2 is 2.17 bits per heavy atom. The van der Waals surface area contributed by atoms with Gasteiger partial charge in [-0.15, -0.1) is 11.3 Å². The first kappa shape index (κ1) is 21.6. The maximum atomic E-state index is 12.0. The number of thiophene rings is 1. The van der Waals surface area contributed by atoms with Crippen LogP contribution in [0.3, 0.4) is 0 Å². The van der Waals surface area contributed by atoms with Gasteiger partial charge in [-0.25, -0.2) is 18.0 Å². The molecule has 0 aromatic carbocycles. The molecule has 2 heterocycles. The van der Waals surface area contributed by atoms with Crippen LogP contribution >= 0.6 is 46.5 Å². The molecule has 0 amide bonds. The SMILES string of the molecule is O=P(O)(CNS(=O)(=O)c1ccc(Br)s1)Oc1cccnc1Cl.[H-].[Na+]. The molecule has 2 aromatic heterocycles. The van der Waals surface area contributed by atoms with Crippen LogP contribution in [0.2, 0.25) is 5.15 Å².